The lowest BCUT2D eigenvalue weighted by molar-refractivity contribution is -0.137. The van der Waals surface area contributed by atoms with Crippen LogP contribution in [0.2, 0.25) is 0 Å². The summed E-state index contributed by atoms with van der Waals surface area (Å²) >= 11 is 2.94. The SMILES string of the molecule is CCOC(=O)C1=C(N)C(=NCCSCc2nc(N=C(N)N)sc2C)NS1(=O)=O. The first-order chi connectivity index (χ1) is 13.2. The average molecular weight is 448 g/mol. The van der Waals surface area contributed by atoms with Crippen LogP contribution < -0.4 is 21.9 Å². The lowest BCUT2D eigenvalue weighted by atomic mass is 10.4. The summed E-state index contributed by atoms with van der Waals surface area (Å²) in [5, 5.41) is 0.498. The smallest absolute Gasteiger partial charge is 0.354 e. The topological polar surface area (TPSA) is 188 Å². The quantitative estimate of drug-likeness (QED) is 0.179. The zero-order chi connectivity index (χ0) is 20.9. The van der Waals surface area contributed by atoms with Crippen LogP contribution in [0.3, 0.4) is 0 Å². The van der Waals surface area contributed by atoms with Crippen molar-refractivity contribution in [3.63, 3.8) is 0 Å². The van der Waals surface area contributed by atoms with Crippen LogP contribution in [-0.2, 0) is 25.3 Å². The van der Waals surface area contributed by atoms with Gasteiger partial charge >= 0.3 is 5.97 Å². The summed E-state index contributed by atoms with van der Waals surface area (Å²) in [6.07, 6.45) is 0. The lowest BCUT2D eigenvalue weighted by Gasteiger charge is -2.01. The number of nitrogens with two attached hydrogens (primary N) is 3. The summed E-state index contributed by atoms with van der Waals surface area (Å²) in [6.45, 7) is 3.83. The maximum atomic E-state index is 12.0. The largest absolute Gasteiger partial charge is 0.462 e. The average Bonchev–Trinajstić information content (AvgIpc) is 3.02. The van der Waals surface area contributed by atoms with E-state index in [4.69, 9.17) is 21.9 Å². The number of hydrogen-bond acceptors (Lipinski definition) is 10. The Morgan fingerprint density at radius 1 is 1.39 bits per heavy atom. The molecule has 0 amide bonds. The van der Waals surface area contributed by atoms with Gasteiger partial charge in [-0.3, -0.25) is 9.71 Å². The van der Waals surface area contributed by atoms with Crippen molar-refractivity contribution in [3.8, 4) is 0 Å². The zero-order valence-corrected chi connectivity index (χ0v) is 17.7. The van der Waals surface area contributed by atoms with E-state index >= 15 is 0 Å². The third kappa shape index (κ3) is 5.36. The van der Waals surface area contributed by atoms with Crippen molar-refractivity contribution in [2.24, 2.45) is 27.2 Å². The summed E-state index contributed by atoms with van der Waals surface area (Å²) < 4.78 is 30.9. The summed E-state index contributed by atoms with van der Waals surface area (Å²) in [4.78, 5) is 24.6. The van der Waals surface area contributed by atoms with Crippen molar-refractivity contribution >= 4 is 56.0 Å². The third-order valence-corrected chi connectivity index (χ3v) is 6.55. The second kappa shape index (κ2) is 9.25. The fourth-order valence-electron chi connectivity index (χ4n) is 2.12. The number of amidine groups is 1. The summed E-state index contributed by atoms with van der Waals surface area (Å²) in [7, 11) is -4.05. The van der Waals surface area contributed by atoms with Gasteiger partial charge in [-0.05, 0) is 13.8 Å². The Bertz CT molecular complexity index is 946. The predicted molar refractivity (Wildman–Crippen MR) is 111 cm³/mol. The molecule has 0 bridgehead atoms. The Morgan fingerprint density at radius 3 is 2.75 bits per heavy atom. The van der Waals surface area contributed by atoms with E-state index < -0.39 is 20.9 Å². The Morgan fingerprint density at radius 2 is 2.11 bits per heavy atom. The van der Waals surface area contributed by atoms with Crippen molar-refractivity contribution in [3.05, 3.63) is 21.2 Å². The summed E-state index contributed by atoms with van der Waals surface area (Å²) in [5.41, 5.74) is 17.1. The molecular formula is C14H21N7O4S3. The molecule has 14 heteroatoms. The highest BCUT2D eigenvalue weighted by Crippen LogP contribution is 2.27. The molecule has 1 aromatic heterocycles. The molecule has 28 heavy (non-hydrogen) atoms. The Labute approximate surface area is 170 Å². The van der Waals surface area contributed by atoms with Crippen LogP contribution in [0.4, 0.5) is 5.13 Å². The van der Waals surface area contributed by atoms with E-state index in [1.165, 1.54) is 11.3 Å². The molecule has 0 radical (unpaired) electrons. The van der Waals surface area contributed by atoms with Gasteiger partial charge in [-0.2, -0.15) is 16.8 Å². The Balaban J connectivity index is 1.94. The van der Waals surface area contributed by atoms with Gasteiger partial charge in [0, 0.05) is 16.4 Å². The highest BCUT2D eigenvalue weighted by molar-refractivity contribution is 7.98. The number of aliphatic imine (C=N–C) groups is 2. The van der Waals surface area contributed by atoms with Gasteiger partial charge in [0.1, 0.15) is 5.70 Å². The van der Waals surface area contributed by atoms with Crippen molar-refractivity contribution in [2.75, 3.05) is 18.9 Å². The molecule has 0 fully saturated rings. The number of esters is 1. The number of nitrogens with one attached hydrogen (secondary N) is 1. The summed E-state index contributed by atoms with van der Waals surface area (Å²) in [6, 6.07) is 0. The number of aromatic nitrogens is 1. The number of sulfonamides is 1. The van der Waals surface area contributed by atoms with E-state index in [9.17, 15) is 13.2 Å². The van der Waals surface area contributed by atoms with Crippen LogP contribution in [0.25, 0.3) is 0 Å². The van der Waals surface area contributed by atoms with Gasteiger partial charge in [0.15, 0.2) is 16.7 Å². The molecule has 1 aliphatic rings. The first-order valence-electron chi connectivity index (χ1n) is 8.04. The number of carbonyl (C=O) groups excluding carboxylic acids is 1. The highest BCUT2D eigenvalue weighted by atomic mass is 32.2. The molecule has 0 saturated heterocycles. The fourth-order valence-corrected chi connectivity index (χ4v) is 5.06. The second-order valence-corrected chi connectivity index (χ2v) is 9.29. The molecule has 2 rings (SSSR count). The molecule has 0 spiro atoms. The normalized spacial score (nSPS) is 16.9. The molecule has 11 nitrogen and oxygen atoms in total. The minimum Gasteiger partial charge on any atom is -0.462 e. The van der Waals surface area contributed by atoms with E-state index in [1.54, 1.807) is 18.7 Å². The van der Waals surface area contributed by atoms with Crippen LogP contribution >= 0.6 is 23.1 Å². The number of aryl methyl sites for hydroxylation is 1. The van der Waals surface area contributed by atoms with Crippen LogP contribution in [-0.4, -0.2) is 50.1 Å². The van der Waals surface area contributed by atoms with Crippen molar-refractivity contribution < 1.29 is 17.9 Å². The van der Waals surface area contributed by atoms with Gasteiger partial charge in [0.25, 0.3) is 10.0 Å². The molecule has 2 heterocycles. The molecule has 0 saturated carbocycles. The summed E-state index contributed by atoms with van der Waals surface area (Å²) in [5.74, 6) is 0.113. The van der Waals surface area contributed by atoms with Gasteiger partial charge < -0.3 is 21.9 Å². The molecule has 1 aromatic rings. The fraction of sp³-hybridized carbons (Fsp3) is 0.429. The number of thioether (sulfide) groups is 1. The van der Waals surface area contributed by atoms with Gasteiger partial charge in [-0.15, -0.1) is 0 Å². The Hall–Kier alpha value is -2.32. The van der Waals surface area contributed by atoms with Crippen molar-refractivity contribution in [1.29, 1.82) is 0 Å². The molecule has 0 unspecified atom stereocenters. The molecule has 154 valence electrons. The number of ether oxygens (including phenoxy) is 1. The Kier molecular flexibility index (Phi) is 7.26. The number of carbonyl (C=O) groups is 1. The minimum absolute atomic E-state index is 0.0369. The number of nitrogens with zero attached hydrogens (tertiary/aromatic N) is 3. The van der Waals surface area contributed by atoms with Gasteiger partial charge in [0.05, 0.1) is 18.8 Å². The van der Waals surface area contributed by atoms with Gasteiger partial charge in [0.2, 0.25) is 5.13 Å². The first-order valence-corrected chi connectivity index (χ1v) is 11.5. The van der Waals surface area contributed by atoms with E-state index in [-0.39, 0.29) is 24.1 Å². The molecule has 0 aromatic carbocycles. The predicted octanol–water partition coefficient (Wildman–Crippen LogP) is -0.345. The van der Waals surface area contributed by atoms with E-state index in [2.05, 4.69) is 19.7 Å². The molecule has 0 atom stereocenters. The van der Waals surface area contributed by atoms with E-state index in [0.29, 0.717) is 23.2 Å². The molecule has 1 aliphatic heterocycles. The highest BCUT2D eigenvalue weighted by Gasteiger charge is 2.38. The van der Waals surface area contributed by atoms with Crippen molar-refractivity contribution in [1.82, 2.24) is 9.71 Å². The monoisotopic (exact) mass is 447 g/mol. The van der Waals surface area contributed by atoms with Crippen LogP contribution in [0.5, 0.6) is 0 Å². The third-order valence-electron chi connectivity index (χ3n) is 3.31. The number of thiazole rings is 1. The van der Waals surface area contributed by atoms with Gasteiger partial charge in [-0.1, -0.05) is 11.3 Å². The maximum Gasteiger partial charge on any atom is 0.354 e. The van der Waals surface area contributed by atoms with Gasteiger partial charge in [-0.25, -0.2) is 18.2 Å². The first kappa shape index (κ1) is 22.0. The number of guanidine groups is 1. The van der Waals surface area contributed by atoms with Crippen LogP contribution in [0.15, 0.2) is 20.6 Å². The number of hydrogen-bond donors (Lipinski definition) is 4. The molecular weight excluding hydrogens is 426 g/mol. The van der Waals surface area contributed by atoms with Crippen LogP contribution in [0.1, 0.15) is 17.5 Å². The number of rotatable bonds is 8. The van der Waals surface area contributed by atoms with Crippen molar-refractivity contribution in [2.45, 2.75) is 19.6 Å². The lowest BCUT2D eigenvalue weighted by Crippen LogP contribution is -2.26. The maximum absolute atomic E-state index is 12.0. The molecule has 0 aliphatic carbocycles. The standard InChI is InChI=1S/C14H21N7O4S3/c1-3-25-12(22)10-9(15)11(21-28(10,23)24)18-4-5-26-6-8-7(2)27-14(19-8)20-13(16)17/h3-6,15H2,1-2H3,(H,18,21)(H4,16,17,19,20). The van der Waals surface area contributed by atoms with Crippen LogP contribution in [0, 0.1) is 6.92 Å². The van der Waals surface area contributed by atoms with E-state index in [1.807, 2.05) is 6.92 Å². The molecule has 7 N–H and O–H groups in total. The minimum atomic E-state index is -4.05. The van der Waals surface area contributed by atoms with E-state index in [0.717, 1.165) is 10.6 Å². The second-order valence-electron chi connectivity index (χ2n) is 5.39. The zero-order valence-electron chi connectivity index (χ0n) is 15.3.